The largest absolute Gasteiger partial charge is 0.344 e. The average molecular weight is 631 g/mol. The highest BCUT2D eigenvalue weighted by molar-refractivity contribution is 7.98. The summed E-state index contributed by atoms with van der Waals surface area (Å²) < 4.78 is 1.83. The maximum absolute atomic E-state index is 13.7. The van der Waals surface area contributed by atoms with E-state index < -0.39 is 12.1 Å². The Bertz CT molecular complexity index is 1630. The molecule has 11 nitrogen and oxygen atoms in total. The predicted octanol–water partition coefficient (Wildman–Crippen LogP) is 4.05. The number of fused-ring (bicyclic) bond motifs is 2. The Hall–Kier alpha value is -4.19. The lowest BCUT2D eigenvalue weighted by Gasteiger charge is -2.28. The van der Waals surface area contributed by atoms with E-state index in [0.29, 0.717) is 44.1 Å². The van der Waals surface area contributed by atoms with Gasteiger partial charge in [0, 0.05) is 25.1 Å². The number of nitrogens with zero attached hydrogens (tertiary/aromatic N) is 5. The fraction of sp³-hybridized carbons (Fsp3) is 0.455. The Morgan fingerprint density at radius 3 is 2.60 bits per heavy atom. The number of H-pyrrole nitrogens is 1. The van der Waals surface area contributed by atoms with Crippen LogP contribution in [-0.2, 0) is 27.3 Å². The van der Waals surface area contributed by atoms with Crippen LogP contribution >= 0.6 is 11.8 Å². The van der Waals surface area contributed by atoms with Gasteiger partial charge in [-0.2, -0.15) is 16.9 Å². The molecule has 3 heterocycles. The summed E-state index contributed by atoms with van der Waals surface area (Å²) in [5, 5.41) is 11.0. The summed E-state index contributed by atoms with van der Waals surface area (Å²) in [7, 11) is 0. The molecule has 238 valence electrons. The number of imidazole rings is 1. The molecule has 3 amide bonds. The van der Waals surface area contributed by atoms with Gasteiger partial charge in [-0.1, -0.05) is 50.2 Å². The van der Waals surface area contributed by atoms with Crippen LogP contribution in [0.5, 0.6) is 0 Å². The summed E-state index contributed by atoms with van der Waals surface area (Å²) in [4.78, 5) is 54.8. The van der Waals surface area contributed by atoms with Crippen LogP contribution in [0.2, 0.25) is 0 Å². The molecule has 0 unspecified atom stereocenters. The van der Waals surface area contributed by atoms with Crippen LogP contribution in [0.4, 0.5) is 0 Å². The van der Waals surface area contributed by atoms with Crippen LogP contribution in [0, 0.1) is 12.8 Å². The molecule has 1 aliphatic rings. The monoisotopic (exact) mass is 630 g/mol. The number of aromatic nitrogens is 5. The van der Waals surface area contributed by atoms with Crippen molar-refractivity contribution >= 4 is 40.5 Å². The molecule has 2 aromatic carbocycles. The van der Waals surface area contributed by atoms with Crippen LogP contribution < -0.4 is 10.6 Å². The van der Waals surface area contributed by atoms with Crippen LogP contribution in [-0.4, -0.2) is 78.5 Å². The molecule has 4 aromatic rings. The van der Waals surface area contributed by atoms with E-state index >= 15 is 0 Å². The molecule has 2 aromatic heterocycles. The Labute approximate surface area is 268 Å². The molecule has 0 saturated heterocycles. The van der Waals surface area contributed by atoms with Crippen molar-refractivity contribution in [2.24, 2.45) is 5.92 Å². The Kier molecular flexibility index (Phi) is 10.5. The predicted molar refractivity (Wildman–Crippen MR) is 176 cm³/mol. The Balaban J connectivity index is 1.46. The zero-order chi connectivity index (χ0) is 31.9. The first-order chi connectivity index (χ1) is 21.7. The van der Waals surface area contributed by atoms with Gasteiger partial charge in [0.2, 0.25) is 17.7 Å². The van der Waals surface area contributed by atoms with Gasteiger partial charge in [-0.15, -0.1) is 0 Å². The third kappa shape index (κ3) is 8.10. The second kappa shape index (κ2) is 14.7. The molecular weight excluding hydrogens is 588 g/mol. The van der Waals surface area contributed by atoms with Gasteiger partial charge in [-0.05, 0) is 55.4 Å². The van der Waals surface area contributed by atoms with Crippen molar-refractivity contribution in [2.45, 2.75) is 65.1 Å². The van der Waals surface area contributed by atoms with Gasteiger partial charge in [-0.25, -0.2) is 14.6 Å². The summed E-state index contributed by atoms with van der Waals surface area (Å²) >= 11 is 1.63. The Morgan fingerprint density at radius 1 is 1.04 bits per heavy atom. The van der Waals surface area contributed by atoms with Gasteiger partial charge in [0.15, 0.2) is 11.6 Å². The summed E-state index contributed by atoms with van der Waals surface area (Å²) in [5.41, 5.74) is 3.52. The highest BCUT2D eigenvalue weighted by atomic mass is 32.2. The summed E-state index contributed by atoms with van der Waals surface area (Å²) in [5.74, 6) is 2.26. The van der Waals surface area contributed by atoms with Crippen molar-refractivity contribution in [3.05, 3.63) is 65.7 Å². The SMILES string of the molecule is CSCC[C@@H]1NC(=O)CCCN(C(=O)Cc2ccc3nc(C)[nH]c3c2)CCn2nc(-c3ccccc3)nc2[C@@H](C(C)C)NC1=O. The molecule has 0 bridgehead atoms. The lowest BCUT2D eigenvalue weighted by atomic mass is 10.0. The molecule has 3 N–H and O–H groups in total. The minimum atomic E-state index is -0.669. The molecule has 1 aliphatic heterocycles. The van der Waals surface area contributed by atoms with E-state index in [1.54, 1.807) is 11.8 Å². The molecular formula is C33H42N8O3S. The minimum absolute atomic E-state index is 0.0101. The average Bonchev–Trinajstić information content (AvgIpc) is 3.61. The molecule has 0 spiro atoms. The van der Waals surface area contributed by atoms with E-state index in [1.165, 1.54) is 0 Å². The molecule has 0 fully saturated rings. The van der Waals surface area contributed by atoms with Crippen molar-refractivity contribution in [2.75, 3.05) is 25.1 Å². The highest BCUT2D eigenvalue weighted by Gasteiger charge is 2.30. The number of aromatic amines is 1. The number of benzene rings is 2. The number of amides is 3. The highest BCUT2D eigenvalue weighted by Crippen LogP contribution is 2.25. The minimum Gasteiger partial charge on any atom is -0.344 e. The zero-order valence-electron chi connectivity index (χ0n) is 26.4. The van der Waals surface area contributed by atoms with Gasteiger partial charge in [0.1, 0.15) is 11.9 Å². The molecule has 12 heteroatoms. The number of aryl methyl sites for hydroxylation is 1. The number of rotatable bonds is 7. The standard InChI is InChI=1S/C33H42N8O3S/c1-21(2)30-32-38-31(24-9-6-5-7-10-24)39-41(32)17-16-40(15-8-11-28(42)36-26(14-18-45-4)33(44)37-30)29(43)20-23-12-13-25-27(19-23)35-22(3)34-25/h5-7,9-10,12-13,19,21,26,30H,8,11,14-18,20H2,1-4H3,(H,34,35)(H,36,42)(H,37,44)/t26-,30+/m0/s1. The molecule has 0 saturated carbocycles. The Morgan fingerprint density at radius 2 is 1.84 bits per heavy atom. The molecule has 0 radical (unpaired) electrons. The van der Waals surface area contributed by atoms with Crippen LogP contribution in [0.3, 0.4) is 0 Å². The fourth-order valence-corrected chi connectivity index (χ4v) is 6.07. The van der Waals surface area contributed by atoms with E-state index in [4.69, 9.17) is 10.1 Å². The van der Waals surface area contributed by atoms with E-state index in [0.717, 1.165) is 33.7 Å². The topological polar surface area (TPSA) is 138 Å². The number of nitrogens with one attached hydrogen (secondary N) is 3. The quantitative estimate of drug-likeness (QED) is 0.280. The second-order valence-electron chi connectivity index (χ2n) is 11.8. The molecule has 0 aliphatic carbocycles. The lowest BCUT2D eigenvalue weighted by molar-refractivity contribution is -0.131. The normalized spacial score (nSPS) is 18.4. The van der Waals surface area contributed by atoms with Gasteiger partial charge < -0.3 is 20.5 Å². The van der Waals surface area contributed by atoms with E-state index in [2.05, 4.69) is 20.6 Å². The van der Waals surface area contributed by atoms with Crippen LogP contribution in [0.15, 0.2) is 48.5 Å². The van der Waals surface area contributed by atoms with Crippen LogP contribution in [0.25, 0.3) is 22.4 Å². The maximum atomic E-state index is 13.7. The van der Waals surface area contributed by atoms with Crippen molar-refractivity contribution < 1.29 is 14.4 Å². The lowest BCUT2D eigenvalue weighted by Crippen LogP contribution is -2.49. The van der Waals surface area contributed by atoms with Gasteiger partial charge in [-0.3, -0.25) is 14.4 Å². The summed E-state index contributed by atoms with van der Waals surface area (Å²) in [6, 6.07) is 14.4. The summed E-state index contributed by atoms with van der Waals surface area (Å²) in [6.07, 6.45) is 3.40. The van der Waals surface area contributed by atoms with Crippen molar-refractivity contribution in [3.8, 4) is 11.4 Å². The van der Waals surface area contributed by atoms with E-state index in [-0.39, 0.29) is 36.5 Å². The van der Waals surface area contributed by atoms with E-state index in [9.17, 15) is 14.4 Å². The fourth-order valence-electron chi connectivity index (χ4n) is 5.60. The first-order valence-corrected chi connectivity index (χ1v) is 16.9. The third-order valence-electron chi connectivity index (χ3n) is 8.02. The molecule has 5 rings (SSSR count). The number of hydrogen-bond acceptors (Lipinski definition) is 7. The number of carbonyl (C=O) groups excluding carboxylic acids is 3. The smallest absolute Gasteiger partial charge is 0.243 e. The van der Waals surface area contributed by atoms with Crippen molar-refractivity contribution in [1.82, 2.24) is 40.3 Å². The second-order valence-corrected chi connectivity index (χ2v) is 12.8. The number of thioether (sulfide) groups is 1. The van der Waals surface area contributed by atoms with Crippen molar-refractivity contribution in [1.29, 1.82) is 0 Å². The first kappa shape index (κ1) is 32.2. The van der Waals surface area contributed by atoms with Gasteiger partial charge >= 0.3 is 0 Å². The summed E-state index contributed by atoms with van der Waals surface area (Å²) in [6.45, 7) is 7.13. The first-order valence-electron chi connectivity index (χ1n) is 15.5. The van der Waals surface area contributed by atoms with Crippen LogP contribution in [0.1, 0.15) is 56.4 Å². The van der Waals surface area contributed by atoms with Gasteiger partial charge in [0.05, 0.1) is 30.0 Å². The number of hydrogen-bond donors (Lipinski definition) is 3. The van der Waals surface area contributed by atoms with Gasteiger partial charge in [0.25, 0.3) is 0 Å². The molecule has 2 atom stereocenters. The van der Waals surface area contributed by atoms with E-state index in [1.807, 2.05) is 85.1 Å². The zero-order valence-corrected chi connectivity index (χ0v) is 27.2. The maximum Gasteiger partial charge on any atom is 0.243 e. The number of carbonyl (C=O) groups is 3. The third-order valence-corrected chi connectivity index (χ3v) is 8.67. The molecule has 45 heavy (non-hydrogen) atoms. The van der Waals surface area contributed by atoms with Crippen molar-refractivity contribution in [3.63, 3.8) is 0 Å².